The number of rotatable bonds is 1. The van der Waals surface area contributed by atoms with E-state index in [0.29, 0.717) is 18.7 Å². The van der Waals surface area contributed by atoms with Gasteiger partial charge in [-0.3, -0.25) is 0 Å². The quantitative estimate of drug-likeness (QED) is 0.454. The van der Waals surface area contributed by atoms with Gasteiger partial charge in [0.2, 0.25) is 0 Å². The molecule has 5 N–H and O–H groups in total. The molecule has 0 saturated carbocycles. The van der Waals surface area contributed by atoms with Crippen molar-refractivity contribution in [1.82, 2.24) is 0 Å². The minimum Gasteiger partial charge on any atom is -0.492 e. The molecule has 0 aromatic heterocycles. The Kier molecular flexibility index (Phi) is 2.49. The maximum atomic E-state index is 9.33. The van der Waals surface area contributed by atoms with Crippen molar-refractivity contribution in [3.05, 3.63) is 12.3 Å². The van der Waals surface area contributed by atoms with Crippen molar-refractivity contribution in [1.29, 1.82) is 0 Å². The summed E-state index contributed by atoms with van der Waals surface area (Å²) in [5, 5.41) is 9.33. The number of aliphatic hydroxyl groups excluding tert-OH is 1. The molecular weight excluding hydrogens is 144 g/mol. The SMILES string of the molecule is C=C1O[C@@H](CN)C[C@H](O)[C@H]1N. The van der Waals surface area contributed by atoms with Gasteiger partial charge in [0, 0.05) is 13.0 Å². The van der Waals surface area contributed by atoms with Crippen molar-refractivity contribution in [2.24, 2.45) is 11.5 Å². The van der Waals surface area contributed by atoms with Crippen LogP contribution in [-0.2, 0) is 4.74 Å². The third-order valence-corrected chi connectivity index (χ3v) is 1.87. The van der Waals surface area contributed by atoms with Gasteiger partial charge in [0.05, 0.1) is 12.1 Å². The van der Waals surface area contributed by atoms with Crippen LogP contribution in [0.3, 0.4) is 0 Å². The molecule has 11 heavy (non-hydrogen) atoms. The Morgan fingerprint density at radius 1 is 1.73 bits per heavy atom. The number of ether oxygens (including phenoxy) is 1. The molecule has 0 aliphatic carbocycles. The van der Waals surface area contributed by atoms with Gasteiger partial charge < -0.3 is 21.3 Å². The second-order valence-corrected chi connectivity index (χ2v) is 2.77. The first-order chi connectivity index (χ1) is 5.15. The van der Waals surface area contributed by atoms with Gasteiger partial charge in [-0.1, -0.05) is 6.58 Å². The molecule has 4 nitrogen and oxygen atoms in total. The zero-order chi connectivity index (χ0) is 8.43. The van der Waals surface area contributed by atoms with Crippen LogP contribution in [-0.4, -0.2) is 29.9 Å². The van der Waals surface area contributed by atoms with Crippen molar-refractivity contribution >= 4 is 0 Å². The number of nitrogens with two attached hydrogens (primary N) is 2. The third-order valence-electron chi connectivity index (χ3n) is 1.87. The lowest BCUT2D eigenvalue weighted by Crippen LogP contribution is -2.46. The topological polar surface area (TPSA) is 81.5 Å². The van der Waals surface area contributed by atoms with E-state index in [2.05, 4.69) is 6.58 Å². The Hall–Kier alpha value is -0.580. The van der Waals surface area contributed by atoms with E-state index in [1.165, 1.54) is 0 Å². The summed E-state index contributed by atoms with van der Waals surface area (Å²) in [6.45, 7) is 3.97. The van der Waals surface area contributed by atoms with Crippen LogP contribution in [0.15, 0.2) is 12.3 Å². The van der Waals surface area contributed by atoms with E-state index in [1.54, 1.807) is 0 Å². The van der Waals surface area contributed by atoms with E-state index >= 15 is 0 Å². The van der Waals surface area contributed by atoms with E-state index in [9.17, 15) is 5.11 Å². The van der Waals surface area contributed by atoms with Crippen LogP contribution in [0.2, 0.25) is 0 Å². The molecule has 0 aromatic carbocycles. The van der Waals surface area contributed by atoms with Crippen LogP contribution in [0.4, 0.5) is 0 Å². The maximum absolute atomic E-state index is 9.33. The molecular formula is C7H14N2O2. The van der Waals surface area contributed by atoms with Crippen molar-refractivity contribution in [2.75, 3.05) is 6.54 Å². The summed E-state index contributed by atoms with van der Waals surface area (Å²) in [6, 6.07) is -0.460. The first-order valence-corrected chi connectivity index (χ1v) is 3.64. The molecule has 4 heteroatoms. The molecule has 3 atom stereocenters. The summed E-state index contributed by atoms with van der Waals surface area (Å²) < 4.78 is 5.21. The summed E-state index contributed by atoms with van der Waals surface area (Å²) in [6.07, 6.45) is -0.196. The summed E-state index contributed by atoms with van der Waals surface area (Å²) in [4.78, 5) is 0. The molecule has 1 fully saturated rings. The smallest absolute Gasteiger partial charge is 0.113 e. The van der Waals surface area contributed by atoms with Gasteiger partial charge in [-0.05, 0) is 0 Å². The second-order valence-electron chi connectivity index (χ2n) is 2.77. The Labute approximate surface area is 65.8 Å². The van der Waals surface area contributed by atoms with Gasteiger partial charge >= 0.3 is 0 Å². The Bertz CT molecular complexity index is 161. The molecule has 1 aliphatic heterocycles. The average molecular weight is 158 g/mol. The van der Waals surface area contributed by atoms with E-state index in [-0.39, 0.29) is 6.10 Å². The highest BCUT2D eigenvalue weighted by atomic mass is 16.5. The van der Waals surface area contributed by atoms with Gasteiger partial charge in [0.25, 0.3) is 0 Å². The minimum absolute atomic E-state index is 0.128. The van der Waals surface area contributed by atoms with Crippen molar-refractivity contribution in [3.63, 3.8) is 0 Å². The van der Waals surface area contributed by atoms with Gasteiger partial charge in [-0.15, -0.1) is 0 Å². The average Bonchev–Trinajstić information content (AvgIpc) is 1.99. The fraction of sp³-hybridized carbons (Fsp3) is 0.714. The molecule has 1 heterocycles. The Morgan fingerprint density at radius 3 is 2.82 bits per heavy atom. The Morgan fingerprint density at radius 2 is 2.36 bits per heavy atom. The lowest BCUT2D eigenvalue weighted by Gasteiger charge is -2.32. The number of aliphatic hydroxyl groups is 1. The first-order valence-electron chi connectivity index (χ1n) is 3.64. The lowest BCUT2D eigenvalue weighted by atomic mass is 10.0. The van der Waals surface area contributed by atoms with Crippen LogP contribution in [0.1, 0.15) is 6.42 Å². The van der Waals surface area contributed by atoms with Crippen molar-refractivity contribution in [2.45, 2.75) is 24.7 Å². The summed E-state index contributed by atoms with van der Waals surface area (Å²) in [5.41, 5.74) is 10.9. The molecule has 0 amide bonds. The van der Waals surface area contributed by atoms with Gasteiger partial charge in [-0.25, -0.2) is 0 Å². The molecule has 1 rings (SSSR count). The maximum Gasteiger partial charge on any atom is 0.113 e. The molecule has 1 aliphatic rings. The fourth-order valence-electron chi connectivity index (χ4n) is 1.12. The zero-order valence-corrected chi connectivity index (χ0v) is 6.36. The molecule has 1 saturated heterocycles. The van der Waals surface area contributed by atoms with Crippen LogP contribution in [0, 0.1) is 0 Å². The summed E-state index contributed by atoms with van der Waals surface area (Å²) in [7, 11) is 0. The molecule has 0 unspecified atom stereocenters. The number of hydrogen-bond acceptors (Lipinski definition) is 4. The fourth-order valence-corrected chi connectivity index (χ4v) is 1.12. The normalized spacial score (nSPS) is 38.5. The highest BCUT2D eigenvalue weighted by Crippen LogP contribution is 2.19. The van der Waals surface area contributed by atoms with Crippen molar-refractivity contribution in [3.8, 4) is 0 Å². The van der Waals surface area contributed by atoms with Crippen LogP contribution in [0.5, 0.6) is 0 Å². The first kappa shape index (κ1) is 8.52. The van der Waals surface area contributed by atoms with Crippen LogP contribution >= 0.6 is 0 Å². The van der Waals surface area contributed by atoms with Gasteiger partial charge in [0.1, 0.15) is 11.9 Å². The highest BCUT2D eigenvalue weighted by molar-refractivity contribution is 5.04. The van der Waals surface area contributed by atoms with E-state index < -0.39 is 12.1 Å². The molecule has 0 spiro atoms. The third kappa shape index (κ3) is 1.71. The largest absolute Gasteiger partial charge is 0.492 e. The van der Waals surface area contributed by atoms with E-state index in [0.717, 1.165) is 0 Å². The van der Waals surface area contributed by atoms with Crippen LogP contribution < -0.4 is 11.5 Å². The molecule has 64 valence electrons. The summed E-state index contributed by atoms with van der Waals surface area (Å²) in [5.74, 6) is 0.430. The second kappa shape index (κ2) is 3.21. The number of hydrogen-bond donors (Lipinski definition) is 3. The molecule has 0 bridgehead atoms. The lowest BCUT2D eigenvalue weighted by molar-refractivity contribution is -0.00631. The van der Waals surface area contributed by atoms with Gasteiger partial charge in [0.15, 0.2) is 0 Å². The minimum atomic E-state index is -0.565. The molecule has 0 aromatic rings. The molecule has 0 radical (unpaired) electrons. The van der Waals surface area contributed by atoms with E-state index in [4.69, 9.17) is 16.2 Å². The Balaban J connectivity index is 2.54. The predicted octanol–water partition coefficient (Wildman–Crippen LogP) is -1.06. The monoisotopic (exact) mass is 158 g/mol. The summed E-state index contributed by atoms with van der Waals surface area (Å²) >= 11 is 0. The van der Waals surface area contributed by atoms with Crippen LogP contribution in [0.25, 0.3) is 0 Å². The van der Waals surface area contributed by atoms with Gasteiger partial charge in [-0.2, -0.15) is 0 Å². The predicted molar refractivity (Wildman–Crippen MR) is 41.7 cm³/mol. The van der Waals surface area contributed by atoms with E-state index in [1.807, 2.05) is 0 Å². The highest BCUT2D eigenvalue weighted by Gasteiger charge is 2.29. The zero-order valence-electron chi connectivity index (χ0n) is 6.36. The standard InChI is InChI=1S/C7H14N2O2/c1-4-7(9)6(10)2-5(3-8)11-4/h5-7,10H,1-3,8-9H2/t5-,6+,7+/m1/s1. The van der Waals surface area contributed by atoms with Crippen molar-refractivity contribution < 1.29 is 9.84 Å².